The molecular formula is C20H19FN4O. The van der Waals surface area contributed by atoms with Gasteiger partial charge in [0.25, 0.3) is 5.91 Å². The second-order valence-corrected chi connectivity index (χ2v) is 6.64. The first kappa shape index (κ1) is 16.3. The minimum Gasteiger partial charge on any atom is -0.338 e. The number of halogens is 1. The molecule has 6 heteroatoms. The van der Waals surface area contributed by atoms with Gasteiger partial charge < -0.3 is 10.2 Å². The Morgan fingerprint density at radius 1 is 1.19 bits per heavy atom. The van der Waals surface area contributed by atoms with Crippen LogP contribution in [0.5, 0.6) is 0 Å². The van der Waals surface area contributed by atoms with Crippen LogP contribution in [0.25, 0.3) is 11.1 Å². The highest BCUT2D eigenvalue weighted by molar-refractivity contribution is 5.98. The van der Waals surface area contributed by atoms with Crippen molar-refractivity contribution in [2.45, 2.75) is 26.4 Å². The van der Waals surface area contributed by atoms with Crippen LogP contribution in [0.2, 0.25) is 0 Å². The van der Waals surface area contributed by atoms with Crippen LogP contribution in [0, 0.1) is 5.82 Å². The Bertz CT molecular complexity index is 965. The minimum absolute atomic E-state index is 0.0545. The summed E-state index contributed by atoms with van der Waals surface area (Å²) in [5, 5.41) is 10.1. The zero-order valence-corrected chi connectivity index (χ0v) is 14.6. The summed E-state index contributed by atoms with van der Waals surface area (Å²) in [5.41, 5.74) is 3.28. The lowest BCUT2D eigenvalue weighted by Crippen LogP contribution is -2.31. The van der Waals surface area contributed by atoms with Crippen LogP contribution < -0.4 is 5.32 Å². The topological polar surface area (TPSA) is 61.0 Å². The molecule has 0 radical (unpaired) electrons. The highest BCUT2D eigenvalue weighted by Gasteiger charge is 2.33. The summed E-state index contributed by atoms with van der Waals surface area (Å²) in [7, 11) is 0. The molecular weight excluding hydrogens is 331 g/mol. The number of hydrogen-bond acceptors (Lipinski definition) is 3. The van der Waals surface area contributed by atoms with Crippen molar-refractivity contribution in [3.8, 4) is 11.1 Å². The van der Waals surface area contributed by atoms with Crippen LogP contribution in [-0.2, 0) is 6.54 Å². The molecule has 4 rings (SSSR count). The number of fused-ring (bicyclic) bond motifs is 1. The number of benzene rings is 2. The Hall–Kier alpha value is -3.15. The molecule has 0 fully saturated rings. The van der Waals surface area contributed by atoms with Crippen LogP contribution in [0.1, 0.15) is 29.9 Å². The lowest BCUT2D eigenvalue weighted by atomic mass is 10.0. The first-order chi connectivity index (χ1) is 12.5. The van der Waals surface area contributed by atoms with Crippen LogP contribution in [0.3, 0.4) is 0 Å². The molecule has 3 aromatic rings. The number of H-pyrrole nitrogens is 1. The predicted octanol–water partition coefficient (Wildman–Crippen LogP) is 4.32. The Balaban J connectivity index is 1.60. The van der Waals surface area contributed by atoms with E-state index >= 15 is 0 Å². The molecule has 5 nitrogen and oxygen atoms in total. The largest absolute Gasteiger partial charge is 0.338 e. The van der Waals surface area contributed by atoms with Crippen molar-refractivity contribution in [3.63, 3.8) is 0 Å². The van der Waals surface area contributed by atoms with E-state index in [1.165, 1.54) is 6.07 Å². The standard InChI is InChI=1S/C20H19FN4O/c1-12(2)25-11-16-18(20(25)26)23-24-19(16)22-14-8-9-15(17(21)10-14)13-6-4-3-5-7-13/h3-10,12H,11H2,1-2H3,(H2,22,23,24). The number of aromatic nitrogens is 2. The lowest BCUT2D eigenvalue weighted by molar-refractivity contribution is 0.0725. The molecule has 0 bridgehead atoms. The molecule has 1 aliphatic heterocycles. The summed E-state index contributed by atoms with van der Waals surface area (Å²) in [4.78, 5) is 14.1. The fourth-order valence-electron chi connectivity index (χ4n) is 3.18. The molecule has 0 unspecified atom stereocenters. The number of nitrogens with zero attached hydrogens (tertiary/aromatic N) is 2. The van der Waals surface area contributed by atoms with E-state index in [1.54, 1.807) is 11.0 Å². The number of rotatable bonds is 4. The van der Waals surface area contributed by atoms with Crippen LogP contribution in [0.4, 0.5) is 15.9 Å². The Labute approximate surface area is 150 Å². The number of carbonyl (C=O) groups excluding carboxylic acids is 1. The number of nitrogens with one attached hydrogen (secondary N) is 2. The second kappa shape index (κ2) is 6.29. The number of amides is 1. The van der Waals surface area contributed by atoms with Crippen LogP contribution in [-0.4, -0.2) is 27.0 Å². The molecule has 0 atom stereocenters. The summed E-state index contributed by atoms with van der Waals surface area (Å²) in [6.45, 7) is 4.44. The SMILES string of the molecule is CC(C)N1Cc2c(Nc3ccc(-c4ccccc4)c(F)c3)n[nH]c2C1=O. The Morgan fingerprint density at radius 2 is 1.96 bits per heavy atom. The van der Waals surface area contributed by atoms with Gasteiger partial charge >= 0.3 is 0 Å². The molecule has 1 aromatic heterocycles. The average molecular weight is 350 g/mol. The maximum Gasteiger partial charge on any atom is 0.272 e. The third-order valence-corrected chi connectivity index (χ3v) is 4.61. The van der Waals surface area contributed by atoms with Gasteiger partial charge in [-0.05, 0) is 37.6 Å². The van der Waals surface area contributed by atoms with Crippen molar-refractivity contribution in [2.75, 3.05) is 5.32 Å². The molecule has 1 amide bonds. The predicted molar refractivity (Wildman–Crippen MR) is 98.7 cm³/mol. The summed E-state index contributed by atoms with van der Waals surface area (Å²) in [6, 6.07) is 14.5. The first-order valence-corrected chi connectivity index (χ1v) is 8.55. The maximum atomic E-state index is 14.5. The molecule has 132 valence electrons. The zero-order valence-electron chi connectivity index (χ0n) is 14.6. The number of anilines is 2. The molecule has 0 saturated heterocycles. The Morgan fingerprint density at radius 3 is 2.65 bits per heavy atom. The van der Waals surface area contributed by atoms with Gasteiger partial charge in [0.05, 0.1) is 6.54 Å². The molecule has 0 saturated carbocycles. The van der Waals surface area contributed by atoms with Crippen molar-refractivity contribution < 1.29 is 9.18 Å². The molecule has 0 spiro atoms. The van der Waals surface area contributed by atoms with Gasteiger partial charge in [0.1, 0.15) is 11.5 Å². The third-order valence-electron chi connectivity index (χ3n) is 4.61. The third kappa shape index (κ3) is 2.73. The second-order valence-electron chi connectivity index (χ2n) is 6.64. The van der Waals surface area contributed by atoms with Gasteiger partial charge in [0.2, 0.25) is 0 Å². The summed E-state index contributed by atoms with van der Waals surface area (Å²) in [6.07, 6.45) is 0. The fraction of sp³-hybridized carbons (Fsp3) is 0.200. The lowest BCUT2D eigenvalue weighted by Gasteiger charge is -2.20. The van der Waals surface area contributed by atoms with Crippen molar-refractivity contribution in [3.05, 3.63) is 65.6 Å². The van der Waals surface area contributed by atoms with Gasteiger partial charge in [-0.3, -0.25) is 9.89 Å². The number of hydrogen-bond donors (Lipinski definition) is 2. The van der Waals surface area contributed by atoms with E-state index in [2.05, 4.69) is 15.5 Å². The van der Waals surface area contributed by atoms with Gasteiger partial charge in [-0.15, -0.1) is 0 Å². The normalized spacial score (nSPS) is 13.4. The van der Waals surface area contributed by atoms with Gasteiger partial charge in [0, 0.05) is 22.9 Å². The fourth-order valence-corrected chi connectivity index (χ4v) is 3.18. The zero-order chi connectivity index (χ0) is 18.3. The number of carbonyl (C=O) groups is 1. The molecule has 2 heterocycles. The quantitative estimate of drug-likeness (QED) is 0.736. The van der Waals surface area contributed by atoms with Gasteiger partial charge in [-0.1, -0.05) is 30.3 Å². The summed E-state index contributed by atoms with van der Waals surface area (Å²) in [5.74, 6) is 0.192. The van der Waals surface area contributed by atoms with Gasteiger partial charge in [-0.2, -0.15) is 5.10 Å². The van der Waals surface area contributed by atoms with E-state index < -0.39 is 0 Å². The van der Waals surface area contributed by atoms with E-state index in [4.69, 9.17) is 0 Å². The summed E-state index contributed by atoms with van der Waals surface area (Å²) < 4.78 is 14.5. The van der Waals surface area contributed by atoms with Gasteiger partial charge in [-0.25, -0.2) is 4.39 Å². The van der Waals surface area contributed by atoms with Crippen LogP contribution in [0.15, 0.2) is 48.5 Å². The van der Waals surface area contributed by atoms with Crippen LogP contribution >= 0.6 is 0 Å². The van der Waals surface area contributed by atoms with E-state index in [1.807, 2.05) is 50.2 Å². The van der Waals surface area contributed by atoms with E-state index in [0.29, 0.717) is 29.3 Å². The molecule has 1 aliphatic rings. The van der Waals surface area contributed by atoms with Gasteiger partial charge in [0.15, 0.2) is 5.82 Å². The van der Waals surface area contributed by atoms with Crippen molar-refractivity contribution in [1.29, 1.82) is 0 Å². The highest BCUT2D eigenvalue weighted by atomic mass is 19.1. The molecule has 2 N–H and O–H groups in total. The van der Waals surface area contributed by atoms with Crippen molar-refractivity contribution >= 4 is 17.4 Å². The van der Waals surface area contributed by atoms with Crippen molar-refractivity contribution in [1.82, 2.24) is 15.1 Å². The number of aromatic amines is 1. The summed E-state index contributed by atoms with van der Waals surface area (Å²) >= 11 is 0. The first-order valence-electron chi connectivity index (χ1n) is 8.55. The molecule has 0 aliphatic carbocycles. The van der Waals surface area contributed by atoms with E-state index in [9.17, 15) is 9.18 Å². The average Bonchev–Trinajstić information content (AvgIpc) is 3.17. The monoisotopic (exact) mass is 350 g/mol. The van der Waals surface area contributed by atoms with Crippen molar-refractivity contribution in [2.24, 2.45) is 0 Å². The van der Waals surface area contributed by atoms with E-state index in [-0.39, 0.29) is 17.8 Å². The van der Waals surface area contributed by atoms with E-state index in [0.717, 1.165) is 11.1 Å². The highest BCUT2D eigenvalue weighted by Crippen LogP contribution is 2.31. The smallest absolute Gasteiger partial charge is 0.272 e. The Kier molecular flexibility index (Phi) is 3.95. The maximum absolute atomic E-state index is 14.5. The molecule has 2 aromatic carbocycles. The minimum atomic E-state index is -0.312. The molecule has 26 heavy (non-hydrogen) atoms.